The molecule has 0 atom stereocenters. The summed E-state index contributed by atoms with van der Waals surface area (Å²) in [5, 5.41) is 0. The minimum Gasteiger partial charge on any atom is -0.255 e. The van der Waals surface area contributed by atoms with Crippen molar-refractivity contribution < 1.29 is 0 Å². The van der Waals surface area contributed by atoms with Crippen LogP contribution < -0.4 is 0 Å². The lowest BCUT2D eigenvalue weighted by Crippen LogP contribution is -1.93. The van der Waals surface area contributed by atoms with Gasteiger partial charge in [-0.3, -0.25) is 4.98 Å². The summed E-state index contributed by atoms with van der Waals surface area (Å²) in [5.41, 5.74) is 7.44. The Morgan fingerprint density at radius 3 is 2.08 bits per heavy atom. The number of aromatic nitrogens is 2. The number of pyridine rings is 2. The third-order valence-electron chi connectivity index (χ3n) is 4.28. The van der Waals surface area contributed by atoms with Crippen LogP contribution in [0.1, 0.15) is 5.56 Å². The zero-order valence-electron chi connectivity index (χ0n) is 14.1. The van der Waals surface area contributed by atoms with Crippen molar-refractivity contribution in [2.75, 3.05) is 0 Å². The van der Waals surface area contributed by atoms with Crippen molar-refractivity contribution in [3.63, 3.8) is 0 Å². The second-order valence-corrected chi connectivity index (χ2v) is 6.02. The fraction of sp³-hybridized carbons (Fsp3) is 0.0435. The van der Waals surface area contributed by atoms with E-state index in [2.05, 4.69) is 72.6 Å². The van der Waals surface area contributed by atoms with Gasteiger partial charge in [0.1, 0.15) is 0 Å². The first-order valence-corrected chi connectivity index (χ1v) is 8.36. The summed E-state index contributed by atoms with van der Waals surface area (Å²) in [4.78, 5) is 9.38. The van der Waals surface area contributed by atoms with Gasteiger partial charge in [0.2, 0.25) is 0 Å². The predicted octanol–water partition coefficient (Wildman–Crippen LogP) is 5.79. The van der Waals surface area contributed by atoms with Crippen LogP contribution in [-0.2, 0) is 0 Å². The highest BCUT2D eigenvalue weighted by Crippen LogP contribution is 2.30. The number of aryl methyl sites for hydroxylation is 1. The van der Waals surface area contributed by atoms with Crippen LogP contribution >= 0.6 is 0 Å². The molecule has 0 radical (unpaired) electrons. The molecule has 2 aromatic carbocycles. The molecule has 2 heterocycles. The van der Waals surface area contributed by atoms with E-state index in [1.807, 2.05) is 24.3 Å². The third-order valence-corrected chi connectivity index (χ3v) is 4.28. The van der Waals surface area contributed by atoms with E-state index in [-0.39, 0.29) is 0 Å². The molecule has 0 aliphatic carbocycles. The fourth-order valence-electron chi connectivity index (χ4n) is 2.97. The molecule has 0 fully saturated rings. The van der Waals surface area contributed by atoms with Crippen molar-refractivity contribution in [3.05, 3.63) is 96.7 Å². The van der Waals surface area contributed by atoms with Crippen molar-refractivity contribution in [2.24, 2.45) is 0 Å². The molecule has 0 aliphatic heterocycles. The van der Waals surface area contributed by atoms with Crippen molar-refractivity contribution in [3.8, 4) is 33.8 Å². The first kappa shape index (κ1) is 15.3. The van der Waals surface area contributed by atoms with Crippen LogP contribution in [0.25, 0.3) is 33.8 Å². The zero-order valence-corrected chi connectivity index (χ0v) is 14.1. The molecule has 0 saturated carbocycles. The topological polar surface area (TPSA) is 25.8 Å². The van der Waals surface area contributed by atoms with Gasteiger partial charge in [0.05, 0.1) is 17.1 Å². The highest BCUT2D eigenvalue weighted by Gasteiger charge is 2.10. The van der Waals surface area contributed by atoms with Crippen molar-refractivity contribution in [2.45, 2.75) is 6.92 Å². The number of hydrogen-bond donors (Lipinski definition) is 0. The van der Waals surface area contributed by atoms with Crippen molar-refractivity contribution in [1.29, 1.82) is 0 Å². The molecule has 120 valence electrons. The zero-order chi connectivity index (χ0) is 17.1. The van der Waals surface area contributed by atoms with Crippen LogP contribution in [0.4, 0.5) is 0 Å². The molecular weight excluding hydrogens is 304 g/mol. The van der Waals surface area contributed by atoms with Gasteiger partial charge in [-0.05, 0) is 47.9 Å². The lowest BCUT2D eigenvalue weighted by atomic mass is 9.99. The van der Waals surface area contributed by atoms with E-state index >= 15 is 0 Å². The third kappa shape index (κ3) is 3.20. The largest absolute Gasteiger partial charge is 0.255 e. The smallest absolute Gasteiger partial charge is 0.0899 e. The molecule has 0 unspecified atom stereocenters. The van der Waals surface area contributed by atoms with Gasteiger partial charge < -0.3 is 0 Å². The van der Waals surface area contributed by atoms with Gasteiger partial charge in [-0.25, -0.2) is 4.98 Å². The standard InChI is InChI=1S/C23H18N2/c1-17-9-5-6-12-20(17)22-15-19(18-10-3-2-4-11-18)16-23(25-22)21-13-7-8-14-24-21/h2-16H,1H3. The summed E-state index contributed by atoms with van der Waals surface area (Å²) < 4.78 is 0. The van der Waals surface area contributed by atoms with Crippen molar-refractivity contribution >= 4 is 0 Å². The fourth-order valence-corrected chi connectivity index (χ4v) is 2.97. The maximum Gasteiger partial charge on any atom is 0.0899 e. The van der Waals surface area contributed by atoms with Gasteiger partial charge in [0, 0.05) is 11.8 Å². The van der Waals surface area contributed by atoms with Crippen LogP contribution in [0.15, 0.2) is 91.1 Å². The van der Waals surface area contributed by atoms with Crippen LogP contribution in [-0.4, -0.2) is 9.97 Å². The molecule has 0 bridgehead atoms. The lowest BCUT2D eigenvalue weighted by Gasteiger charge is -2.11. The Labute approximate surface area is 147 Å². The molecule has 0 amide bonds. The Kier molecular flexibility index (Phi) is 4.09. The van der Waals surface area contributed by atoms with Gasteiger partial charge in [-0.2, -0.15) is 0 Å². The summed E-state index contributed by atoms with van der Waals surface area (Å²) in [5.74, 6) is 0. The Hall–Kier alpha value is -3.26. The maximum absolute atomic E-state index is 4.90. The second kappa shape index (κ2) is 6.70. The minimum absolute atomic E-state index is 0.884. The van der Waals surface area contributed by atoms with Gasteiger partial charge in [0.25, 0.3) is 0 Å². The molecule has 4 rings (SSSR count). The molecule has 0 N–H and O–H groups in total. The number of nitrogens with zero attached hydrogens (tertiary/aromatic N) is 2. The van der Waals surface area contributed by atoms with E-state index in [0.29, 0.717) is 0 Å². The van der Waals surface area contributed by atoms with Gasteiger partial charge >= 0.3 is 0 Å². The first-order valence-electron chi connectivity index (χ1n) is 8.36. The van der Waals surface area contributed by atoms with Gasteiger partial charge in [0.15, 0.2) is 0 Å². The molecular formula is C23H18N2. The Morgan fingerprint density at radius 2 is 1.32 bits per heavy atom. The number of hydrogen-bond acceptors (Lipinski definition) is 2. The summed E-state index contributed by atoms with van der Waals surface area (Å²) in [7, 11) is 0. The molecule has 25 heavy (non-hydrogen) atoms. The van der Waals surface area contributed by atoms with E-state index in [4.69, 9.17) is 4.98 Å². The van der Waals surface area contributed by atoms with E-state index in [0.717, 1.165) is 28.2 Å². The minimum atomic E-state index is 0.884. The molecule has 0 spiro atoms. The Balaban J connectivity index is 1.94. The highest BCUT2D eigenvalue weighted by molar-refractivity contribution is 5.76. The van der Waals surface area contributed by atoms with E-state index in [1.54, 1.807) is 6.20 Å². The number of benzene rings is 2. The van der Waals surface area contributed by atoms with E-state index in [9.17, 15) is 0 Å². The van der Waals surface area contributed by atoms with E-state index in [1.165, 1.54) is 11.1 Å². The first-order chi connectivity index (χ1) is 12.3. The summed E-state index contributed by atoms with van der Waals surface area (Å²) >= 11 is 0. The maximum atomic E-state index is 4.90. The van der Waals surface area contributed by atoms with Crippen LogP contribution in [0.3, 0.4) is 0 Å². The lowest BCUT2D eigenvalue weighted by molar-refractivity contribution is 1.24. The Morgan fingerprint density at radius 1 is 0.600 bits per heavy atom. The molecule has 4 aromatic rings. The van der Waals surface area contributed by atoms with Gasteiger partial charge in [-0.1, -0.05) is 60.7 Å². The van der Waals surface area contributed by atoms with Crippen LogP contribution in [0, 0.1) is 6.92 Å². The summed E-state index contributed by atoms with van der Waals surface area (Å²) in [6.07, 6.45) is 1.81. The second-order valence-electron chi connectivity index (χ2n) is 6.02. The molecule has 2 heteroatoms. The molecule has 0 aliphatic rings. The van der Waals surface area contributed by atoms with Crippen LogP contribution in [0.5, 0.6) is 0 Å². The average Bonchev–Trinajstić information content (AvgIpc) is 2.69. The Bertz CT molecular complexity index is 935. The summed E-state index contributed by atoms with van der Waals surface area (Å²) in [6, 6.07) is 28.9. The predicted molar refractivity (Wildman–Crippen MR) is 103 cm³/mol. The quantitative estimate of drug-likeness (QED) is 0.477. The van der Waals surface area contributed by atoms with Gasteiger partial charge in [-0.15, -0.1) is 0 Å². The highest BCUT2D eigenvalue weighted by atomic mass is 14.8. The monoisotopic (exact) mass is 322 g/mol. The van der Waals surface area contributed by atoms with Crippen molar-refractivity contribution in [1.82, 2.24) is 9.97 Å². The SMILES string of the molecule is Cc1ccccc1-c1cc(-c2ccccc2)cc(-c2ccccn2)n1. The van der Waals surface area contributed by atoms with E-state index < -0.39 is 0 Å². The van der Waals surface area contributed by atoms with Crippen LogP contribution in [0.2, 0.25) is 0 Å². The number of rotatable bonds is 3. The summed E-state index contributed by atoms with van der Waals surface area (Å²) in [6.45, 7) is 2.12. The molecule has 2 aromatic heterocycles. The normalized spacial score (nSPS) is 10.6. The average molecular weight is 322 g/mol. The molecule has 0 saturated heterocycles. The molecule has 2 nitrogen and oxygen atoms in total.